The van der Waals surface area contributed by atoms with E-state index in [1.165, 1.54) is 6.07 Å². The summed E-state index contributed by atoms with van der Waals surface area (Å²) in [6.07, 6.45) is 0. The van der Waals surface area contributed by atoms with Gasteiger partial charge in [-0.1, -0.05) is 6.07 Å². The number of aryl methyl sites for hydroxylation is 1. The van der Waals surface area contributed by atoms with E-state index >= 15 is 0 Å². The summed E-state index contributed by atoms with van der Waals surface area (Å²) < 4.78 is 19.6. The fourth-order valence-electron chi connectivity index (χ4n) is 2.64. The fourth-order valence-corrected chi connectivity index (χ4v) is 2.64. The molecule has 0 amide bonds. The molecule has 0 aliphatic carbocycles. The van der Waals surface area contributed by atoms with Crippen molar-refractivity contribution in [2.24, 2.45) is 4.99 Å². The van der Waals surface area contributed by atoms with Crippen LogP contribution in [0.5, 0.6) is 0 Å². The molecule has 27 heavy (non-hydrogen) atoms. The van der Waals surface area contributed by atoms with Crippen LogP contribution in [0.2, 0.25) is 0 Å². The van der Waals surface area contributed by atoms with Crippen molar-refractivity contribution in [1.82, 2.24) is 15.5 Å². The maximum atomic E-state index is 13.9. The van der Waals surface area contributed by atoms with Gasteiger partial charge in [0.15, 0.2) is 5.96 Å². The highest BCUT2D eigenvalue weighted by molar-refractivity contribution is 14.0. The van der Waals surface area contributed by atoms with Gasteiger partial charge in [0.25, 0.3) is 0 Å². The Morgan fingerprint density at radius 1 is 1.26 bits per heavy atom. The molecule has 2 N–H and O–H groups in total. The maximum Gasteiger partial charge on any atom is 0.192 e. The van der Waals surface area contributed by atoms with Gasteiger partial charge in [0.2, 0.25) is 0 Å². The molecule has 1 heterocycles. The molecule has 0 aliphatic rings. The maximum absolute atomic E-state index is 13.9. The van der Waals surface area contributed by atoms with Crippen LogP contribution in [0.25, 0.3) is 0 Å². The Balaban J connectivity index is 0.00000364. The van der Waals surface area contributed by atoms with E-state index in [0.29, 0.717) is 24.6 Å². The van der Waals surface area contributed by atoms with Crippen LogP contribution in [0, 0.1) is 12.7 Å². The second-order valence-corrected chi connectivity index (χ2v) is 6.67. The summed E-state index contributed by atoms with van der Waals surface area (Å²) in [7, 11) is 3.85. The average Bonchev–Trinajstić information content (AvgIpc) is 3.01. The zero-order valence-electron chi connectivity index (χ0n) is 16.7. The second-order valence-electron chi connectivity index (χ2n) is 6.67. The molecule has 7 heteroatoms. The lowest BCUT2D eigenvalue weighted by molar-refractivity contribution is 0.392. The largest absolute Gasteiger partial charge is 0.464 e. The van der Waals surface area contributed by atoms with E-state index in [9.17, 15) is 4.39 Å². The molecule has 1 aromatic heterocycles. The molecule has 0 spiro atoms. The molecule has 2 aromatic rings. The number of hydrogen-bond acceptors (Lipinski definition) is 3. The summed E-state index contributed by atoms with van der Waals surface area (Å²) in [6.45, 7) is 7.77. The molecule has 1 atom stereocenters. The number of nitrogens with zero attached hydrogens (tertiary/aromatic N) is 2. The number of furan rings is 1. The monoisotopic (exact) mass is 488 g/mol. The smallest absolute Gasteiger partial charge is 0.192 e. The minimum atomic E-state index is -0.182. The molecule has 0 aliphatic heterocycles. The van der Waals surface area contributed by atoms with Crippen molar-refractivity contribution in [2.75, 3.05) is 20.6 Å². The summed E-state index contributed by atoms with van der Waals surface area (Å²) >= 11 is 0. The molecule has 0 bridgehead atoms. The van der Waals surface area contributed by atoms with E-state index in [-0.39, 0.29) is 35.8 Å². The quantitative estimate of drug-likeness (QED) is 0.348. The summed E-state index contributed by atoms with van der Waals surface area (Å²) in [5, 5.41) is 6.57. The number of hydrogen-bond donors (Lipinski definition) is 2. The predicted octanol–water partition coefficient (Wildman–Crippen LogP) is 4.22. The predicted molar refractivity (Wildman–Crippen MR) is 119 cm³/mol. The molecule has 0 radical (unpaired) electrons. The third kappa shape index (κ3) is 7.50. The molecule has 0 fully saturated rings. The van der Waals surface area contributed by atoms with Crippen molar-refractivity contribution in [2.45, 2.75) is 39.9 Å². The van der Waals surface area contributed by atoms with Gasteiger partial charge in [0.05, 0.1) is 12.6 Å². The van der Waals surface area contributed by atoms with Crippen LogP contribution in [0.3, 0.4) is 0 Å². The van der Waals surface area contributed by atoms with Gasteiger partial charge in [-0.15, -0.1) is 24.0 Å². The Morgan fingerprint density at radius 3 is 2.59 bits per heavy atom. The number of rotatable bonds is 7. The number of nitrogens with one attached hydrogen (secondary N) is 2. The van der Waals surface area contributed by atoms with E-state index in [4.69, 9.17) is 4.42 Å². The Labute approximate surface area is 178 Å². The Morgan fingerprint density at radius 2 is 2.00 bits per heavy atom. The standard InChI is InChI=1S/C20H29FN4O.HI/c1-6-22-20(24-15(3)19-10-7-14(2)26-19)23-12-16-8-9-18(21)17(11-16)13-25(4)5;/h7-11,15H,6,12-13H2,1-5H3,(H2,22,23,24);1H. The lowest BCUT2D eigenvalue weighted by Gasteiger charge is -2.16. The number of benzene rings is 1. The van der Waals surface area contributed by atoms with Crippen molar-refractivity contribution >= 4 is 29.9 Å². The van der Waals surface area contributed by atoms with Crippen LogP contribution >= 0.6 is 24.0 Å². The molecule has 1 unspecified atom stereocenters. The van der Waals surface area contributed by atoms with Crippen molar-refractivity contribution in [3.63, 3.8) is 0 Å². The van der Waals surface area contributed by atoms with E-state index < -0.39 is 0 Å². The van der Waals surface area contributed by atoms with Crippen LogP contribution in [0.1, 0.15) is 42.5 Å². The van der Waals surface area contributed by atoms with Crippen molar-refractivity contribution in [3.05, 3.63) is 58.8 Å². The highest BCUT2D eigenvalue weighted by Gasteiger charge is 2.11. The van der Waals surface area contributed by atoms with Crippen LogP contribution in [-0.2, 0) is 13.1 Å². The van der Waals surface area contributed by atoms with Gasteiger partial charge in [-0.25, -0.2) is 9.38 Å². The van der Waals surface area contributed by atoms with Gasteiger partial charge in [-0.2, -0.15) is 0 Å². The summed E-state index contributed by atoms with van der Waals surface area (Å²) in [4.78, 5) is 6.57. The summed E-state index contributed by atoms with van der Waals surface area (Å²) in [5.74, 6) is 2.27. The first-order valence-corrected chi connectivity index (χ1v) is 8.92. The van der Waals surface area contributed by atoms with Gasteiger partial charge in [0, 0.05) is 18.7 Å². The highest BCUT2D eigenvalue weighted by atomic mass is 127. The third-order valence-electron chi connectivity index (χ3n) is 3.90. The van der Waals surface area contributed by atoms with Gasteiger partial charge < -0.3 is 20.0 Å². The fraction of sp³-hybridized carbons (Fsp3) is 0.450. The minimum absolute atomic E-state index is 0. The van der Waals surface area contributed by atoms with E-state index in [0.717, 1.165) is 23.6 Å². The van der Waals surface area contributed by atoms with Crippen molar-refractivity contribution in [1.29, 1.82) is 0 Å². The molecule has 5 nitrogen and oxygen atoms in total. The van der Waals surface area contributed by atoms with Crippen LogP contribution in [0.4, 0.5) is 4.39 Å². The van der Waals surface area contributed by atoms with Crippen LogP contribution < -0.4 is 10.6 Å². The minimum Gasteiger partial charge on any atom is -0.464 e. The van der Waals surface area contributed by atoms with Gasteiger partial charge in [0.1, 0.15) is 17.3 Å². The first-order chi connectivity index (χ1) is 12.4. The molecule has 0 saturated carbocycles. The van der Waals surface area contributed by atoms with Crippen molar-refractivity contribution < 1.29 is 8.81 Å². The van der Waals surface area contributed by atoms with Crippen LogP contribution in [0.15, 0.2) is 39.7 Å². The number of aliphatic imine (C=N–C) groups is 1. The SMILES string of the molecule is CCNC(=NCc1ccc(F)c(CN(C)C)c1)NC(C)c1ccc(C)o1.I. The van der Waals surface area contributed by atoms with Gasteiger partial charge in [-0.05, 0) is 64.7 Å². The normalized spacial score (nSPS) is 12.6. The highest BCUT2D eigenvalue weighted by Crippen LogP contribution is 2.16. The average molecular weight is 488 g/mol. The molecular weight excluding hydrogens is 458 g/mol. The molecule has 2 rings (SSSR count). The van der Waals surface area contributed by atoms with Gasteiger partial charge in [-0.3, -0.25) is 0 Å². The summed E-state index contributed by atoms with van der Waals surface area (Å²) in [6, 6.07) is 9.08. The zero-order chi connectivity index (χ0) is 19.1. The molecule has 150 valence electrons. The van der Waals surface area contributed by atoms with Gasteiger partial charge >= 0.3 is 0 Å². The third-order valence-corrected chi connectivity index (χ3v) is 3.90. The van der Waals surface area contributed by atoms with E-state index in [1.807, 2.05) is 58.0 Å². The first-order valence-electron chi connectivity index (χ1n) is 8.92. The lowest BCUT2D eigenvalue weighted by atomic mass is 10.1. The lowest BCUT2D eigenvalue weighted by Crippen LogP contribution is -2.38. The molecule has 0 saturated heterocycles. The number of halogens is 2. The van der Waals surface area contributed by atoms with Crippen molar-refractivity contribution in [3.8, 4) is 0 Å². The number of guanidine groups is 1. The molecule has 1 aromatic carbocycles. The van der Waals surface area contributed by atoms with E-state index in [1.54, 1.807) is 6.07 Å². The topological polar surface area (TPSA) is 52.8 Å². The Hall–Kier alpha value is -1.61. The zero-order valence-corrected chi connectivity index (χ0v) is 19.0. The molecular formula is C20H30FIN4O. The van der Waals surface area contributed by atoms with E-state index in [2.05, 4.69) is 15.6 Å². The van der Waals surface area contributed by atoms with Crippen LogP contribution in [-0.4, -0.2) is 31.5 Å². The summed E-state index contributed by atoms with van der Waals surface area (Å²) in [5.41, 5.74) is 1.65. The Kier molecular flexibility index (Phi) is 9.79. The Bertz CT molecular complexity index is 745. The second kappa shape index (κ2) is 11.3. The first kappa shape index (κ1) is 23.4.